The largest absolute Gasteiger partial charge is 0.465 e. The fourth-order valence-corrected chi connectivity index (χ4v) is 2.73. The number of ether oxygens (including phenoxy) is 2. The fraction of sp³-hybridized carbons (Fsp3) is 0.625. The Bertz CT molecular complexity index is 412. The first-order chi connectivity index (χ1) is 9.42. The monoisotopic (exact) mass is 280 g/mol. The molecular weight excluding hydrogens is 256 g/mol. The van der Waals surface area contributed by atoms with Crippen molar-refractivity contribution < 1.29 is 19.1 Å². The van der Waals surface area contributed by atoms with Gasteiger partial charge in [-0.1, -0.05) is 17.2 Å². The van der Waals surface area contributed by atoms with Crippen LogP contribution in [0.15, 0.2) is 23.8 Å². The molecule has 0 spiro atoms. The molecule has 0 heterocycles. The Balaban J connectivity index is 3.21. The van der Waals surface area contributed by atoms with Gasteiger partial charge in [0.2, 0.25) is 0 Å². The lowest BCUT2D eigenvalue weighted by Gasteiger charge is -2.24. The van der Waals surface area contributed by atoms with Gasteiger partial charge in [0.25, 0.3) is 0 Å². The standard InChI is InChI=1S/C16H24O4/c1-6-12-9-16(14(17)19-7-2,15(18)20-8-3)10-13(12)11(4)5/h6,12H,1,7-10H2,2-5H3. The predicted octanol–water partition coefficient (Wildman–Crippen LogP) is 3.03. The lowest BCUT2D eigenvalue weighted by Crippen LogP contribution is -2.40. The molecule has 0 amide bonds. The molecule has 1 aliphatic rings. The lowest BCUT2D eigenvalue weighted by molar-refractivity contribution is -0.171. The zero-order valence-electron chi connectivity index (χ0n) is 12.8. The zero-order valence-corrected chi connectivity index (χ0v) is 12.8. The van der Waals surface area contributed by atoms with Crippen LogP contribution < -0.4 is 0 Å². The Morgan fingerprint density at radius 1 is 1.25 bits per heavy atom. The van der Waals surface area contributed by atoms with E-state index in [0.29, 0.717) is 12.8 Å². The average Bonchev–Trinajstić information content (AvgIpc) is 2.80. The maximum Gasteiger partial charge on any atom is 0.323 e. The molecule has 0 saturated heterocycles. The number of hydrogen-bond donors (Lipinski definition) is 0. The van der Waals surface area contributed by atoms with E-state index in [4.69, 9.17) is 9.47 Å². The number of esters is 2. The van der Waals surface area contributed by atoms with Crippen LogP contribution in [0.25, 0.3) is 0 Å². The summed E-state index contributed by atoms with van der Waals surface area (Å²) in [5.41, 5.74) is 0.990. The minimum absolute atomic E-state index is 0.0220. The van der Waals surface area contributed by atoms with E-state index in [1.165, 1.54) is 0 Å². The summed E-state index contributed by atoms with van der Waals surface area (Å²) in [5.74, 6) is -0.947. The van der Waals surface area contributed by atoms with Crippen molar-refractivity contribution in [1.29, 1.82) is 0 Å². The van der Waals surface area contributed by atoms with E-state index in [9.17, 15) is 9.59 Å². The van der Waals surface area contributed by atoms with Gasteiger partial charge in [-0.2, -0.15) is 0 Å². The summed E-state index contributed by atoms with van der Waals surface area (Å²) < 4.78 is 10.2. The quantitative estimate of drug-likeness (QED) is 0.441. The average molecular weight is 280 g/mol. The molecule has 4 heteroatoms. The Labute approximate surface area is 120 Å². The Kier molecular flexibility index (Phi) is 5.54. The van der Waals surface area contributed by atoms with Crippen molar-refractivity contribution in [2.75, 3.05) is 13.2 Å². The minimum Gasteiger partial charge on any atom is -0.465 e. The highest BCUT2D eigenvalue weighted by atomic mass is 16.6. The van der Waals surface area contributed by atoms with Gasteiger partial charge in [0, 0.05) is 0 Å². The predicted molar refractivity (Wildman–Crippen MR) is 77.0 cm³/mol. The Morgan fingerprint density at radius 2 is 1.75 bits per heavy atom. The summed E-state index contributed by atoms with van der Waals surface area (Å²) in [5, 5.41) is 0. The van der Waals surface area contributed by atoms with Crippen molar-refractivity contribution in [2.24, 2.45) is 11.3 Å². The van der Waals surface area contributed by atoms with Crippen LogP contribution in [0.1, 0.15) is 40.5 Å². The molecule has 4 nitrogen and oxygen atoms in total. The van der Waals surface area contributed by atoms with Gasteiger partial charge in [-0.05, 0) is 46.5 Å². The summed E-state index contributed by atoms with van der Waals surface area (Å²) in [6.07, 6.45) is 2.54. The maximum atomic E-state index is 12.3. The fourth-order valence-electron chi connectivity index (χ4n) is 2.73. The summed E-state index contributed by atoms with van der Waals surface area (Å²) in [6, 6.07) is 0. The molecule has 0 bridgehead atoms. The third kappa shape index (κ3) is 2.94. The maximum absolute atomic E-state index is 12.3. The highest BCUT2D eigenvalue weighted by Crippen LogP contribution is 2.48. The smallest absolute Gasteiger partial charge is 0.323 e. The van der Waals surface area contributed by atoms with Crippen LogP contribution in [0.2, 0.25) is 0 Å². The van der Waals surface area contributed by atoms with Crippen LogP contribution in [0.3, 0.4) is 0 Å². The van der Waals surface area contributed by atoms with Crippen molar-refractivity contribution in [3.63, 3.8) is 0 Å². The molecule has 0 aromatic heterocycles. The SMILES string of the molecule is C=CC1CC(C(=O)OCC)(C(=O)OCC)CC1=C(C)C. The highest BCUT2D eigenvalue weighted by Gasteiger charge is 2.55. The molecule has 1 unspecified atom stereocenters. The molecule has 1 rings (SSSR count). The number of hydrogen-bond acceptors (Lipinski definition) is 4. The van der Waals surface area contributed by atoms with E-state index in [0.717, 1.165) is 11.1 Å². The van der Waals surface area contributed by atoms with Gasteiger partial charge < -0.3 is 9.47 Å². The van der Waals surface area contributed by atoms with Gasteiger partial charge in [0.05, 0.1) is 13.2 Å². The molecule has 20 heavy (non-hydrogen) atoms. The first-order valence-electron chi connectivity index (χ1n) is 7.06. The van der Waals surface area contributed by atoms with Gasteiger partial charge in [-0.15, -0.1) is 6.58 Å². The molecular formula is C16H24O4. The van der Waals surface area contributed by atoms with Crippen LogP contribution in [0.4, 0.5) is 0 Å². The van der Waals surface area contributed by atoms with Crippen LogP contribution in [-0.2, 0) is 19.1 Å². The van der Waals surface area contributed by atoms with E-state index < -0.39 is 17.4 Å². The Hall–Kier alpha value is -1.58. The second-order valence-electron chi connectivity index (χ2n) is 5.27. The molecule has 0 N–H and O–H groups in total. The molecule has 1 aliphatic carbocycles. The molecule has 1 atom stereocenters. The van der Waals surface area contributed by atoms with E-state index in [1.54, 1.807) is 19.9 Å². The number of rotatable bonds is 5. The number of carbonyl (C=O) groups is 2. The molecule has 0 aromatic rings. The van der Waals surface area contributed by atoms with Crippen LogP contribution in [0, 0.1) is 11.3 Å². The summed E-state index contributed by atoms with van der Waals surface area (Å²) in [4.78, 5) is 24.7. The van der Waals surface area contributed by atoms with Crippen molar-refractivity contribution in [1.82, 2.24) is 0 Å². The van der Waals surface area contributed by atoms with Crippen molar-refractivity contribution >= 4 is 11.9 Å². The summed E-state index contributed by atoms with van der Waals surface area (Å²) in [7, 11) is 0. The number of carbonyl (C=O) groups excluding carboxylic acids is 2. The topological polar surface area (TPSA) is 52.6 Å². The normalized spacial score (nSPS) is 20.4. The molecule has 1 fully saturated rings. The molecule has 0 aliphatic heterocycles. The summed E-state index contributed by atoms with van der Waals surface area (Å²) in [6.45, 7) is 11.8. The molecule has 0 radical (unpaired) electrons. The minimum atomic E-state index is -1.21. The van der Waals surface area contributed by atoms with E-state index in [2.05, 4.69) is 6.58 Å². The van der Waals surface area contributed by atoms with Gasteiger partial charge in [-0.25, -0.2) is 0 Å². The molecule has 0 aromatic carbocycles. The second kappa shape index (κ2) is 6.73. The van der Waals surface area contributed by atoms with Crippen molar-refractivity contribution in [3.05, 3.63) is 23.8 Å². The first kappa shape index (κ1) is 16.5. The van der Waals surface area contributed by atoms with Crippen LogP contribution in [0.5, 0.6) is 0 Å². The number of allylic oxidation sites excluding steroid dienone is 3. The van der Waals surface area contributed by atoms with Crippen molar-refractivity contribution in [2.45, 2.75) is 40.5 Å². The third-order valence-electron chi connectivity index (χ3n) is 3.77. The van der Waals surface area contributed by atoms with Gasteiger partial charge >= 0.3 is 11.9 Å². The van der Waals surface area contributed by atoms with Gasteiger partial charge in [-0.3, -0.25) is 9.59 Å². The third-order valence-corrected chi connectivity index (χ3v) is 3.77. The van der Waals surface area contributed by atoms with Crippen LogP contribution in [-0.4, -0.2) is 25.2 Å². The van der Waals surface area contributed by atoms with Gasteiger partial charge in [0.1, 0.15) is 0 Å². The highest BCUT2D eigenvalue weighted by molar-refractivity contribution is 6.01. The lowest BCUT2D eigenvalue weighted by atomic mass is 9.85. The van der Waals surface area contributed by atoms with Crippen LogP contribution >= 0.6 is 0 Å². The van der Waals surface area contributed by atoms with E-state index in [1.807, 2.05) is 13.8 Å². The van der Waals surface area contributed by atoms with E-state index in [-0.39, 0.29) is 19.1 Å². The molecule has 1 saturated carbocycles. The van der Waals surface area contributed by atoms with Crippen molar-refractivity contribution in [3.8, 4) is 0 Å². The molecule has 112 valence electrons. The first-order valence-corrected chi connectivity index (χ1v) is 7.06. The zero-order chi connectivity index (χ0) is 15.3. The summed E-state index contributed by atoms with van der Waals surface area (Å²) >= 11 is 0. The second-order valence-corrected chi connectivity index (χ2v) is 5.27. The Morgan fingerprint density at radius 3 is 2.05 bits per heavy atom. The van der Waals surface area contributed by atoms with Gasteiger partial charge in [0.15, 0.2) is 5.41 Å². The van der Waals surface area contributed by atoms with E-state index >= 15 is 0 Å².